The Hall–Kier alpha value is -1.07. The minimum absolute atomic E-state index is 0.0195. The number of hydrogen-bond acceptors (Lipinski definition) is 3. The SMILES string of the molecule is CC(C)(CNC(=O)N1CCC(CO)CC1)c1cccs1. The lowest BCUT2D eigenvalue weighted by atomic mass is 9.91. The first-order valence-corrected chi connectivity index (χ1v) is 8.08. The Labute approximate surface area is 124 Å². The minimum Gasteiger partial charge on any atom is -0.396 e. The van der Waals surface area contributed by atoms with Gasteiger partial charge >= 0.3 is 6.03 Å². The summed E-state index contributed by atoms with van der Waals surface area (Å²) in [6.07, 6.45) is 1.80. The molecule has 2 rings (SSSR count). The highest BCUT2D eigenvalue weighted by Crippen LogP contribution is 2.26. The summed E-state index contributed by atoms with van der Waals surface area (Å²) < 4.78 is 0. The number of nitrogens with zero attached hydrogens (tertiary/aromatic N) is 1. The number of rotatable bonds is 4. The predicted octanol–water partition coefficient (Wildman–Crippen LogP) is 2.44. The van der Waals surface area contributed by atoms with E-state index < -0.39 is 0 Å². The number of hydrogen-bond donors (Lipinski definition) is 2. The van der Waals surface area contributed by atoms with Crippen LogP contribution in [0.5, 0.6) is 0 Å². The normalized spacial score (nSPS) is 17.2. The molecule has 5 heteroatoms. The van der Waals surface area contributed by atoms with Crippen LogP contribution >= 0.6 is 11.3 Å². The van der Waals surface area contributed by atoms with Gasteiger partial charge < -0.3 is 15.3 Å². The molecule has 1 aromatic rings. The molecule has 0 atom stereocenters. The molecule has 0 unspecified atom stereocenters. The summed E-state index contributed by atoms with van der Waals surface area (Å²) in [6, 6.07) is 4.18. The van der Waals surface area contributed by atoms with Gasteiger partial charge in [0.05, 0.1) is 0 Å². The van der Waals surface area contributed by atoms with E-state index in [9.17, 15) is 4.79 Å². The smallest absolute Gasteiger partial charge is 0.317 e. The molecule has 1 aliphatic heterocycles. The highest BCUT2D eigenvalue weighted by atomic mass is 32.1. The molecular weight excluding hydrogens is 272 g/mol. The fourth-order valence-corrected chi connectivity index (χ4v) is 3.33. The van der Waals surface area contributed by atoms with Crippen molar-refractivity contribution < 1.29 is 9.90 Å². The summed E-state index contributed by atoms with van der Waals surface area (Å²) in [4.78, 5) is 15.3. The number of thiophene rings is 1. The maximum Gasteiger partial charge on any atom is 0.317 e. The maximum absolute atomic E-state index is 12.2. The standard InChI is InChI=1S/C15H24N2O2S/c1-15(2,13-4-3-9-20-13)11-16-14(19)17-7-5-12(10-18)6-8-17/h3-4,9,12,18H,5-8,10-11H2,1-2H3,(H,16,19). The van der Waals surface area contributed by atoms with E-state index in [1.165, 1.54) is 4.88 Å². The third kappa shape index (κ3) is 3.73. The highest BCUT2D eigenvalue weighted by Gasteiger charge is 2.26. The van der Waals surface area contributed by atoms with Gasteiger partial charge in [-0.25, -0.2) is 4.79 Å². The van der Waals surface area contributed by atoms with Crippen molar-refractivity contribution in [3.8, 4) is 0 Å². The van der Waals surface area contributed by atoms with Crippen molar-refractivity contribution in [1.82, 2.24) is 10.2 Å². The van der Waals surface area contributed by atoms with Crippen molar-refractivity contribution in [2.75, 3.05) is 26.2 Å². The zero-order valence-corrected chi connectivity index (χ0v) is 13.1. The van der Waals surface area contributed by atoms with Crippen LogP contribution in [0.4, 0.5) is 4.79 Å². The van der Waals surface area contributed by atoms with Crippen molar-refractivity contribution in [2.24, 2.45) is 5.92 Å². The molecular formula is C15H24N2O2S. The van der Waals surface area contributed by atoms with Crippen LogP contribution in [0.15, 0.2) is 17.5 Å². The molecule has 1 fully saturated rings. The number of urea groups is 1. The molecule has 4 nitrogen and oxygen atoms in total. The molecule has 0 radical (unpaired) electrons. The lowest BCUT2D eigenvalue weighted by molar-refractivity contribution is 0.136. The average molecular weight is 296 g/mol. The lowest BCUT2D eigenvalue weighted by Crippen LogP contribution is -2.47. The van der Waals surface area contributed by atoms with E-state index in [2.05, 4.69) is 30.6 Å². The summed E-state index contributed by atoms with van der Waals surface area (Å²) in [7, 11) is 0. The summed E-state index contributed by atoms with van der Waals surface area (Å²) in [5.74, 6) is 0.363. The molecule has 1 aromatic heterocycles. The Morgan fingerprint density at radius 3 is 2.75 bits per heavy atom. The number of nitrogens with one attached hydrogen (secondary N) is 1. The van der Waals surface area contributed by atoms with E-state index in [4.69, 9.17) is 5.11 Å². The molecule has 1 saturated heterocycles. The number of aliphatic hydroxyl groups excluding tert-OH is 1. The zero-order chi connectivity index (χ0) is 14.6. The highest BCUT2D eigenvalue weighted by molar-refractivity contribution is 7.10. The molecule has 0 saturated carbocycles. The Kier molecular flexibility index (Phi) is 5.05. The first-order chi connectivity index (χ1) is 9.53. The van der Waals surface area contributed by atoms with Gasteiger partial charge in [0.1, 0.15) is 0 Å². The van der Waals surface area contributed by atoms with E-state index in [0.29, 0.717) is 12.5 Å². The van der Waals surface area contributed by atoms with Crippen molar-refractivity contribution in [2.45, 2.75) is 32.1 Å². The number of amides is 2. The fraction of sp³-hybridized carbons (Fsp3) is 0.667. The van der Waals surface area contributed by atoms with Gasteiger partial charge in [-0.2, -0.15) is 0 Å². The number of aliphatic hydroxyl groups is 1. The summed E-state index contributed by atoms with van der Waals surface area (Å²) in [6.45, 7) is 6.67. The van der Waals surface area contributed by atoms with Gasteiger partial charge in [-0.3, -0.25) is 0 Å². The second-order valence-corrected chi connectivity index (χ2v) is 7.08. The largest absolute Gasteiger partial charge is 0.396 e. The monoisotopic (exact) mass is 296 g/mol. The van der Waals surface area contributed by atoms with Crippen LogP contribution in [-0.2, 0) is 5.41 Å². The third-order valence-electron chi connectivity index (χ3n) is 4.03. The first-order valence-electron chi connectivity index (χ1n) is 7.20. The van der Waals surface area contributed by atoms with E-state index in [0.717, 1.165) is 25.9 Å². The molecule has 2 heterocycles. The summed E-state index contributed by atoms with van der Waals surface area (Å²) >= 11 is 1.73. The van der Waals surface area contributed by atoms with Crippen molar-refractivity contribution in [3.05, 3.63) is 22.4 Å². The Balaban J connectivity index is 1.81. The van der Waals surface area contributed by atoms with Gasteiger partial charge in [-0.15, -0.1) is 11.3 Å². The lowest BCUT2D eigenvalue weighted by Gasteiger charge is -2.32. The van der Waals surface area contributed by atoms with Crippen molar-refractivity contribution in [3.63, 3.8) is 0 Å². The minimum atomic E-state index is -0.0345. The number of carbonyl (C=O) groups excluding carboxylic acids is 1. The summed E-state index contributed by atoms with van der Waals surface area (Å²) in [5, 5.41) is 14.2. The predicted molar refractivity (Wildman–Crippen MR) is 82.1 cm³/mol. The Morgan fingerprint density at radius 1 is 1.50 bits per heavy atom. The van der Waals surface area contributed by atoms with Gasteiger partial charge in [0.2, 0.25) is 0 Å². The van der Waals surface area contributed by atoms with Crippen LogP contribution in [0.2, 0.25) is 0 Å². The van der Waals surface area contributed by atoms with Crippen LogP contribution in [0.3, 0.4) is 0 Å². The maximum atomic E-state index is 12.2. The fourth-order valence-electron chi connectivity index (χ4n) is 2.48. The quantitative estimate of drug-likeness (QED) is 0.896. The van der Waals surface area contributed by atoms with Gasteiger partial charge in [0.25, 0.3) is 0 Å². The molecule has 0 spiro atoms. The van der Waals surface area contributed by atoms with E-state index in [1.54, 1.807) is 11.3 Å². The molecule has 0 aromatic carbocycles. The molecule has 20 heavy (non-hydrogen) atoms. The number of likely N-dealkylation sites (tertiary alicyclic amines) is 1. The van der Waals surface area contributed by atoms with Crippen molar-refractivity contribution >= 4 is 17.4 Å². The average Bonchev–Trinajstić information content (AvgIpc) is 3.00. The number of carbonyl (C=O) groups is 1. The van der Waals surface area contributed by atoms with Gasteiger partial charge in [-0.05, 0) is 30.2 Å². The van der Waals surface area contributed by atoms with Gasteiger partial charge in [0, 0.05) is 36.5 Å². The van der Waals surface area contributed by atoms with Crippen LogP contribution in [0.25, 0.3) is 0 Å². The van der Waals surface area contributed by atoms with E-state index >= 15 is 0 Å². The van der Waals surface area contributed by atoms with E-state index in [1.807, 2.05) is 11.0 Å². The van der Waals surface area contributed by atoms with Crippen LogP contribution in [0, 0.1) is 5.92 Å². The second-order valence-electron chi connectivity index (χ2n) is 6.13. The molecule has 2 amide bonds. The molecule has 112 valence electrons. The Morgan fingerprint density at radius 2 is 2.20 bits per heavy atom. The van der Waals surface area contributed by atoms with Gasteiger partial charge in [0.15, 0.2) is 0 Å². The van der Waals surface area contributed by atoms with Crippen molar-refractivity contribution in [1.29, 1.82) is 0 Å². The number of piperidine rings is 1. The molecule has 2 N–H and O–H groups in total. The first kappa shape index (κ1) is 15.3. The molecule has 1 aliphatic rings. The van der Waals surface area contributed by atoms with E-state index in [-0.39, 0.29) is 18.1 Å². The Bertz CT molecular complexity index is 423. The molecule has 0 aliphatic carbocycles. The molecule has 0 bridgehead atoms. The second kappa shape index (κ2) is 6.59. The summed E-state index contributed by atoms with van der Waals surface area (Å²) in [5.41, 5.74) is -0.0345. The third-order valence-corrected chi connectivity index (χ3v) is 5.27. The van der Waals surface area contributed by atoms with Crippen LogP contribution in [0.1, 0.15) is 31.6 Å². The topological polar surface area (TPSA) is 52.6 Å². The van der Waals surface area contributed by atoms with Crippen LogP contribution in [-0.4, -0.2) is 42.3 Å². The van der Waals surface area contributed by atoms with Crippen LogP contribution < -0.4 is 5.32 Å². The van der Waals surface area contributed by atoms with Gasteiger partial charge in [-0.1, -0.05) is 19.9 Å². The zero-order valence-electron chi connectivity index (χ0n) is 12.3.